The molecule has 0 spiro atoms. The van der Waals surface area contributed by atoms with Crippen molar-refractivity contribution in [2.24, 2.45) is 0 Å². The van der Waals surface area contributed by atoms with Crippen molar-refractivity contribution < 1.29 is 9.53 Å². The van der Waals surface area contributed by atoms with E-state index in [0.29, 0.717) is 18.1 Å². The van der Waals surface area contributed by atoms with Crippen molar-refractivity contribution >= 4 is 17.4 Å². The van der Waals surface area contributed by atoms with Gasteiger partial charge in [0.1, 0.15) is 5.82 Å². The summed E-state index contributed by atoms with van der Waals surface area (Å²) in [5.74, 6) is 0.333. The lowest BCUT2D eigenvalue weighted by Crippen LogP contribution is -2.08. The molecule has 88 valence electrons. The first-order valence-electron chi connectivity index (χ1n) is 5.14. The fraction of sp³-hybridized carbons (Fsp3) is 0.455. The predicted molar refractivity (Wildman–Crippen MR) is 63.2 cm³/mol. The van der Waals surface area contributed by atoms with E-state index in [1.54, 1.807) is 19.4 Å². The Morgan fingerprint density at radius 2 is 2.38 bits per heavy atom. The van der Waals surface area contributed by atoms with E-state index in [9.17, 15) is 4.79 Å². The third-order valence-electron chi connectivity index (χ3n) is 2.12. The minimum Gasteiger partial charge on any atom is -0.398 e. The summed E-state index contributed by atoms with van der Waals surface area (Å²) in [6, 6.07) is 1.67. The van der Waals surface area contributed by atoms with E-state index in [1.165, 1.54) is 6.92 Å². The lowest BCUT2D eigenvalue weighted by Gasteiger charge is -2.07. The van der Waals surface area contributed by atoms with E-state index < -0.39 is 0 Å². The molecule has 0 saturated carbocycles. The number of rotatable bonds is 5. The second kappa shape index (κ2) is 6.07. The highest BCUT2D eigenvalue weighted by molar-refractivity contribution is 5.88. The number of nitrogens with one attached hydrogen (secondary N) is 1. The van der Waals surface area contributed by atoms with Crippen LogP contribution in [0.15, 0.2) is 12.3 Å². The van der Waals surface area contributed by atoms with Gasteiger partial charge in [-0.2, -0.15) is 0 Å². The van der Waals surface area contributed by atoms with Crippen molar-refractivity contribution in [2.45, 2.75) is 19.8 Å². The summed E-state index contributed by atoms with van der Waals surface area (Å²) < 4.78 is 4.96. The fourth-order valence-electron chi connectivity index (χ4n) is 1.36. The number of ether oxygens (including phenoxy) is 1. The first-order chi connectivity index (χ1) is 7.63. The molecule has 5 heteroatoms. The highest BCUT2D eigenvalue weighted by Gasteiger charge is 2.03. The average Bonchev–Trinajstić information content (AvgIpc) is 2.20. The number of hydrogen-bond acceptors (Lipinski definition) is 4. The van der Waals surface area contributed by atoms with Gasteiger partial charge in [-0.3, -0.25) is 4.79 Å². The summed E-state index contributed by atoms with van der Waals surface area (Å²) in [4.78, 5) is 14.9. The van der Waals surface area contributed by atoms with Crippen LogP contribution in [0.3, 0.4) is 0 Å². The zero-order valence-electron chi connectivity index (χ0n) is 9.62. The maximum absolute atomic E-state index is 10.8. The van der Waals surface area contributed by atoms with Crippen molar-refractivity contribution in [3.8, 4) is 0 Å². The number of pyridine rings is 1. The molecule has 1 heterocycles. The van der Waals surface area contributed by atoms with Crippen LogP contribution in [0.1, 0.15) is 18.9 Å². The monoisotopic (exact) mass is 223 g/mol. The molecule has 0 bridgehead atoms. The van der Waals surface area contributed by atoms with Crippen LogP contribution in [0.25, 0.3) is 0 Å². The van der Waals surface area contributed by atoms with Crippen LogP contribution < -0.4 is 11.1 Å². The van der Waals surface area contributed by atoms with Crippen molar-refractivity contribution in [3.05, 3.63) is 17.8 Å². The zero-order chi connectivity index (χ0) is 12.0. The van der Waals surface area contributed by atoms with E-state index in [0.717, 1.165) is 18.4 Å². The van der Waals surface area contributed by atoms with Crippen LogP contribution in [0.4, 0.5) is 11.5 Å². The standard InChI is InChI=1S/C11H17N3O2/c1-8(15)14-11-6-10(12)9(7-13-11)4-3-5-16-2/h6-7H,3-5H2,1-2H3,(H3,12,13,14,15). The van der Waals surface area contributed by atoms with Gasteiger partial charge in [-0.05, 0) is 18.4 Å². The number of aromatic nitrogens is 1. The first-order valence-corrected chi connectivity index (χ1v) is 5.14. The topological polar surface area (TPSA) is 77.2 Å². The Morgan fingerprint density at radius 1 is 1.62 bits per heavy atom. The molecule has 5 nitrogen and oxygen atoms in total. The Hall–Kier alpha value is -1.62. The molecule has 16 heavy (non-hydrogen) atoms. The van der Waals surface area contributed by atoms with Crippen LogP contribution in [0, 0.1) is 0 Å². The minimum atomic E-state index is -0.154. The van der Waals surface area contributed by atoms with Gasteiger partial charge in [0.15, 0.2) is 0 Å². The maximum Gasteiger partial charge on any atom is 0.222 e. The van der Waals surface area contributed by atoms with Gasteiger partial charge in [0.25, 0.3) is 0 Å². The summed E-state index contributed by atoms with van der Waals surface area (Å²) in [5, 5.41) is 2.59. The van der Waals surface area contributed by atoms with Gasteiger partial charge >= 0.3 is 0 Å². The molecule has 0 radical (unpaired) electrons. The Balaban J connectivity index is 2.64. The summed E-state index contributed by atoms with van der Waals surface area (Å²) in [6.07, 6.45) is 3.42. The largest absolute Gasteiger partial charge is 0.398 e. The molecule has 3 N–H and O–H groups in total. The smallest absolute Gasteiger partial charge is 0.222 e. The number of carbonyl (C=O) groups excluding carboxylic acids is 1. The van der Waals surface area contributed by atoms with E-state index >= 15 is 0 Å². The van der Waals surface area contributed by atoms with Gasteiger partial charge in [0.05, 0.1) is 0 Å². The molecule has 0 aromatic carbocycles. The third kappa shape index (κ3) is 3.86. The number of aryl methyl sites for hydroxylation is 1. The number of nitrogens with two attached hydrogens (primary N) is 1. The van der Waals surface area contributed by atoms with Crippen molar-refractivity contribution in [3.63, 3.8) is 0 Å². The lowest BCUT2D eigenvalue weighted by molar-refractivity contribution is -0.114. The number of amides is 1. The Morgan fingerprint density at radius 3 is 2.94 bits per heavy atom. The second-order valence-corrected chi connectivity index (χ2v) is 3.55. The van der Waals surface area contributed by atoms with Gasteiger partial charge in [-0.1, -0.05) is 0 Å². The molecule has 0 aliphatic carbocycles. The van der Waals surface area contributed by atoms with Gasteiger partial charge in [0, 0.05) is 38.6 Å². The molecular weight excluding hydrogens is 206 g/mol. The van der Waals surface area contributed by atoms with Crippen molar-refractivity contribution in [1.29, 1.82) is 0 Å². The van der Waals surface area contributed by atoms with Crippen molar-refractivity contribution in [2.75, 3.05) is 24.8 Å². The first kappa shape index (κ1) is 12.4. The summed E-state index contributed by atoms with van der Waals surface area (Å²) >= 11 is 0. The van der Waals surface area contributed by atoms with Crippen LogP contribution in [-0.4, -0.2) is 24.6 Å². The number of hydrogen-bond donors (Lipinski definition) is 2. The lowest BCUT2D eigenvalue weighted by atomic mass is 10.1. The van der Waals surface area contributed by atoms with Gasteiger partial charge in [-0.25, -0.2) is 4.98 Å². The second-order valence-electron chi connectivity index (χ2n) is 3.55. The Labute approximate surface area is 95.0 Å². The molecule has 1 amide bonds. The van der Waals surface area contributed by atoms with Crippen LogP contribution in [0.5, 0.6) is 0 Å². The highest BCUT2D eigenvalue weighted by atomic mass is 16.5. The average molecular weight is 223 g/mol. The van der Waals surface area contributed by atoms with Crippen LogP contribution in [-0.2, 0) is 16.0 Å². The Kier molecular flexibility index (Phi) is 4.72. The highest BCUT2D eigenvalue weighted by Crippen LogP contribution is 2.16. The molecule has 1 aromatic rings. The number of nitrogen functional groups attached to an aromatic ring is 1. The normalized spacial score (nSPS) is 10.1. The Bertz CT molecular complexity index is 366. The molecule has 1 aromatic heterocycles. The number of carbonyl (C=O) groups is 1. The van der Waals surface area contributed by atoms with E-state index in [4.69, 9.17) is 10.5 Å². The molecule has 0 saturated heterocycles. The SMILES string of the molecule is COCCCc1cnc(NC(C)=O)cc1N. The van der Waals surface area contributed by atoms with E-state index in [1.807, 2.05) is 0 Å². The third-order valence-corrected chi connectivity index (χ3v) is 2.12. The van der Waals surface area contributed by atoms with E-state index in [2.05, 4.69) is 10.3 Å². The quantitative estimate of drug-likeness (QED) is 0.735. The predicted octanol–water partition coefficient (Wildman–Crippen LogP) is 1.20. The number of anilines is 2. The van der Waals surface area contributed by atoms with Crippen LogP contribution >= 0.6 is 0 Å². The summed E-state index contributed by atoms with van der Waals surface area (Å²) in [7, 11) is 1.67. The molecule has 0 aliphatic heterocycles. The fourth-order valence-corrected chi connectivity index (χ4v) is 1.36. The molecule has 0 fully saturated rings. The van der Waals surface area contributed by atoms with Crippen molar-refractivity contribution in [1.82, 2.24) is 4.98 Å². The molecule has 0 atom stereocenters. The minimum absolute atomic E-state index is 0.154. The number of methoxy groups -OCH3 is 1. The van der Waals surface area contributed by atoms with E-state index in [-0.39, 0.29) is 5.91 Å². The number of nitrogens with zero attached hydrogens (tertiary/aromatic N) is 1. The van der Waals surface area contributed by atoms with Crippen LogP contribution in [0.2, 0.25) is 0 Å². The molecule has 0 aliphatic rings. The maximum atomic E-state index is 10.8. The van der Waals surface area contributed by atoms with Gasteiger partial charge in [0.2, 0.25) is 5.91 Å². The molecule has 0 unspecified atom stereocenters. The van der Waals surface area contributed by atoms with Gasteiger partial charge in [-0.15, -0.1) is 0 Å². The summed E-state index contributed by atoms with van der Waals surface area (Å²) in [6.45, 7) is 2.14. The summed E-state index contributed by atoms with van der Waals surface area (Å²) in [5.41, 5.74) is 7.47. The van der Waals surface area contributed by atoms with Gasteiger partial charge < -0.3 is 15.8 Å². The molecule has 1 rings (SSSR count). The zero-order valence-corrected chi connectivity index (χ0v) is 9.62. The molecular formula is C11H17N3O2.